The van der Waals surface area contributed by atoms with Crippen LogP contribution in [0.1, 0.15) is 31.9 Å². The molecule has 0 bridgehead atoms. The Morgan fingerprint density at radius 2 is 2.25 bits per heavy atom. The molecule has 2 atom stereocenters. The van der Waals surface area contributed by atoms with Gasteiger partial charge in [0.25, 0.3) is 0 Å². The molecular formula is C10H16N6. The monoisotopic (exact) mass is 220 g/mol. The van der Waals surface area contributed by atoms with Gasteiger partial charge in [-0.05, 0) is 43.0 Å². The van der Waals surface area contributed by atoms with E-state index in [1.54, 1.807) is 0 Å². The molecule has 6 heteroatoms. The average Bonchev–Trinajstić information content (AvgIpc) is 2.77. The van der Waals surface area contributed by atoms with Crippen molar-refractivity contribution in [2.75, 3.05) is 7.05 Å². The summed E-state index contributed by atoms with van der Waals surface area (Å²) in [6.45, 7) is 4.31. The minimum absolute atomic E-state index is 0.374. The van der Waals surface area contributed by atoms with E-state index in [-0.39, 0.29) is 0 Å². The Labute approximate surface area is 94.0 Å². The Morgan fingerprint density at radius 1 is 1.44 bits per heavy atom. The zero-order valence-electron chi connectivity index (χ0n) is 9.75. The standard InChI is InChI=1S/C10H16N6/c1-4-8(7(2)11-3)9-5-6-10-12-14-15-16(10)13-9/h5-8,11H,4H2,1-3H3. The second kappa shape index (κ2) is 4.52. The molecule has 1 N–H and O–H groups in total. The first-order valence-electron chi connectivity index (χ1n) is 5.48. The van der Waals surface area contributed by atoms with Crippen LogP contribution in [0.3, 0.4) is 0 Å². The minimum Gasteiger partial charge on any atom is -0.317 e. The van der Waals surface area contributed by atoms with Gasteiger partial charge < -0.3 is 5.32 Å². The molecule has 0 saturated carbocycles. The van der Waals surface area contributed by atoms with Crippen LogP contribution in [-0.2, 0) is 0 Å². The number of likely N-dealkylation sites (N-methyl/N-ethyl adjacent to an activating group) is 1. The van der Waals surface area contributed by atoms with Crippen molar-refractivity contribution in [3.63, 3.8) is 0 Å². The molecular weight excluding hydrogens is 204 g/mol. The molecule has 0 saturated heterocycles. The highest BCUT2D eigenvalue weighted by Gasteiger charge is 2.18. The number of hydrogen-bond donors (Lipinski definition) is 1. The molecule has 86 valence electrons. The topological polar surface area (TPSA) is 68.0 Å². The van der Waals surface area contributed by atoms with E-state index in [0.717, 1.165) is 12.1 Å². The lowest BCUT2D eigenvalue weighted by molar-refractivity contribution is 0.466. The lowest BCUT2D eigenvalue weighted by Crippen LogP contribution is -2.29. The lowest BCUT2D eigenvalue weighted by Gasteiger charge is -2.21. The van der Waals surface area contributed by atoms with E-state index in [1.807, 2.05) is 19.2 Å². The molecule has 0 aliphatic rings. The number of hydrogen-bond acceptors (Lipinski definition) is 5. The van der Waals surface area contributed by atoms with Crippen LogP contribution >= 0.6 is 0 Å². The number of tetrazole rings is 1. The number of nitrogens with one attached hydrogen (secondary N) is 1. The predicted octanol–water partition coefficient (Wildman–Crippen LogP) is 0.621. The van der Waals surface area contributed by atoms with E-state index in [4.69, 9.17) is 0 Å². The molecule has 0 aromatic carbocycles. The fourth-order valence-electron chi connectivity index (χ4n) is 1.88. The first-order chi connectivity index (χ1) is 7.76. The normalized spacial score (nSPS) is 15.2. The van der Waals surface area contributed by atoms with Crippen LogP contribution in [0.2, 0.25) is 0 Å². The van der Waals surface area contributed by atoms with Crippen molar-refractivity contribution in [3.05, 3.63) is 17.8 Å². The van der Waals surface area contributed by atoms with Gasteiger partial charge in [-0.2, -0.15) is 5.10 Å². The average molecular weight is 220 g/mol. The van der Waals surface area contributed by atoms with Crippen molar-refractivity contribution in [1.29, 1.82) is 0 Å². The van der Waals surface area contributed by atoms with Crippen LogP contribution in [0.15, 0.2) is 12.1 Å². The van der Waals surface area contributed by atoms with Crippen molar-refractivity contribution in [2.24, 2.45) is 0 Å². The summed E-state index contributed by atoms with van der Waals surface area (Å²) in [7, 11) is 1.96. The number of nitrogens with zero attached hydrogens (tertiary/aromatic N) is 5. The first kappa shape index (κ1) is 10.9. The van der Waals surface area contributed by atoms with E-state index in [0.29, 0.717) is 17.6 Å². The summed E-state index contributed by atoms with van der Waals surface area (Å²) in [5.74, 6) is 0.374. The molecule has 6 nitrogen and oxygen atoms in total. The van der Waals surface area contributed by atoms with Crippen LogP contribution in [-0.4, -0.2) is 38.3 Å². The highest BCUT2D eigenvalue weighted by molar-refractivity contribution is 5.33. The van der Waals surface area contributed by atoms with Crippen molar-refractivity contribution >= 4 is 5.65 Å². The molecule has 0 fully saturated rings. The molecule has 2 rings (SSSR count). The van der Waals surface area contributed by atoms with E-state index in [2.05, 4.69) is 39.8 Å². The summed E-state index contributed by atoms with van der Waals surface area (Å²) in [5.41, 5.74) is 1.69. The van der Waals surface area contributed by atoms with E-state index < -0.39 is 0 Å². The third kappa shape index (κ3) is 1.88. The van der Waals surface area contributed by atoms with Gasteiger partial charge in [-0.1, -0.05) is 6.92 Å². The summed E-state index contributed by atoms with van der Waals surface area (Å²) in [6, 6.07) is 4.27. The molecule has 0 radical (unpaired) electrons. The third-order valence-corrected chi connectivity index (χ3v) is 2.97. The molecule has 16 heavy (non-hydrogen) atoms. The second-order valence-corrected chi connectivity index (χ2v) is 3.88. The highest BCUT2D eigenvalue weighted by atomic mass is 15.6. The number of aromatic nitrogens is 5. The van der Waals surface area contributed by atoms with Crippen molar-refractivity contribution in [1.82, 2.24) is 30.6 Å². The zero-order chi connectivity index (χ0) is 11.5. The minimum atomic E-state index is 0.374. The summed E-state index contributed by atoms with van der Waals surface area (Å²) < 4.78 is 1.47. The van der Waals surface area contributed by atoms with Gasteiger partial charge in [0.1, 0.15) is 0 Å². The molecule has 2 heterocycles. The molecule has 0 aliphatic heterocycles. The van der Waals surface area contributed by atoms with Crippen LogP contribution < -0.4 is 5.32 Å². The smallest absolute Gasteiger partial charge is 0.199 e. The fraction of sp³-hybridized carbons (Fsp3) is 0.600. The van der Waals surface area contributed by atoms with Crippen molar-refractivity contribution < 1.29 is 0 Å². The van der Waals surface area contributed by atoms with Crippen molar-refractivity contribution in [2.45, 2.75) is 32.2 Å². The fourth-order valence-corrected chi connectivity index (χ4v) is 1.88. The van der Waals surface area contributed by atoms with E-state index in [9.17, 15) is 0 Å². The van der Waals surface area contributed by atoms with Gasteiger partial charge in [-0.3, -0.25) is 0 Å². The molecule has 0 amide bonds. The summed E-state index contributed by atoms with van der Waals surface area (Å²) in [5, 5.41) is 18.9. The summed E-state index contributed by atoms with van der Waals surface area (Å²) in [4.78, 5) is 0. The van der Waals surface area contributed by atoms with Gasteiger partial charge in [0.05, 0.1) is 5.69 Å². The molecule has 2 aromatic heterocycles. The highest BCUT2D eigenvalue weighted by Crippen LogP contribution is 2.20. The Hall–Kier alpha value is -1.56. The predicted molar refractivity (Wildman–Crippen MR) is 60.1 cm³/mol. The van der Waals surface area contributed by atoms with Crippen molar-refractivity contribution in [3.8, 4) is 0 Å². The maximum absolute atomic E-state index is 4.42. The van der Waals surface area contributed by atoms with Gasteiger partial charge in [-0.25, -0.2) is 0 Å². The lowest BCUT2D eigenvalue weighted by atomic mass is 9.94. The Morgan fingerprint density at radius 3 is 2.94 bits per heavy atom. The largest absolute Gasteiger partial charge is 0.317 e. The maximum Gasteiger partial charge on any atom is 0.199 e. The molecule has 2 unspecified atom stereocenters. The molecule has 0 spiro atoms. The van der Waals surface area contributed by atoms with Gasteiger partial charge >= 0.3 is 0 Å². The summed E-state index contributed by atoms with van der Waals surface area (Å²) in [6.07, 6.45) is 1.03. The second-order valence-electron chi connectivity index (χ2n) is 3.88. The van der Waals surface area contributed by atoms with Crippen LogP contribution in [0.5, 0.6) is 0 Å². The van der Waals surface area contributed by atoms with Gasteiger partial charge in [0.2, 0.25) is 0 Å². The number of rotatable bonds is 4. The van der Waals surface area contributed by atoms with Gasteiger partial charge in [-0.15, -0.1) is 9.73 Å². The first-order valence-corrected chi connectivity index (χ1v) is 5.48. The Balaban J connectivity index is 2.36. The van der Waals surface area contributed by atoms with E-state index in [1.165, 1.54) is 4.63 Å². The molecule has 2 aromatic rings. The van der Waals surface area contributed by atoms with Crippen LogP contribution in [0.4, 0.5) is 0 Å². The zero-order valence-corrected chi connectivity index (χ0v) is 9.75. The third-order valence-electron chi connectivity index (χ3n) is 2.97. The van der Waals surface area contributed by atoms with Gasteiger partial charge in [0, 0.05) is 12.0 Å². The van der Waals surface area contributed by atoms with Gasteiger partial charge in [0.15, 0.2) is 5.65 Å². The Kier molecular flexibility index (Phi) is 3.09. The SMILES string of the molecule is CCC(c1ccc2nnnn2n1)C(C)NC. The quantitative estimate of drug-likeness (QED) is 0.818. The van der Waals surface area contributed by atoms with Crippen LogP contribution in [0.25, 0.3) is 5.65 Å². The van der Waals surface area contributed by atoms with Crippen LogP contribution in [0, 0.1) is 0 Å². The van der Waals surface area contributed by atoms with E-state index >= 15 is 0 Å². The number of fused-ring (bicyclic) bond motifs is 1. The molecule has 0 aliphatic carbocycles. The summed E-state index contributed by atoms with van der Waals surface area (Å²) >= 11 is 0. The maximum atomic E-state index is 4.42. The Bertz CT molecular complexity index is 465.